The summed E-state index contributed by atoms with van der Waals surface area (Å²) in [5, 5.41) is 1.68. The first-order valence-electron chi connectivity index (χ1n) is 10.7. The number of nitrogens with zero attached hydrogens (tertiary/aromatic N) is 2. The summed E-state index contributed by atoms with van der Waals surface area (Å²) in [4.78, 5) is 33.9. The van der Waals surface area contributed by atoms with Gasteiger partial charge in [-0.3, -0.25) is 9.98 Å². The van der Waals surface area contributed by atoms with Crippen LogP contribution in [0.2, 0.25) is 0 Å². The highest BCUT2D eigenvalue weighted by Crippen LogP contribution is 2.22. The fourth-order valence-corrected chi connectivity index (χ4v) is 3.74. The van der Waals surface area contributed by atoms with Crippen LogP contribution in [0.5, 0.6) is 0 Å². The molecule has 3 aromatic carbocycles. The molecule has 166 valence electrons. The summed E-state index contributed by atoms with van der Waals surface area (Å²) in [6.45, 7) is 3.55. The maximum Gasteiger partial charge on any atom is 0.345 e. The van der Waals surface area contributed by atoms with Gasteiger partial charge in [-0.1, -0.05) is 36.4 Å². The summed E-state index contributed by atoms with van der Waals surface area (Å²) in [6, 6.07) is 25.5. The molecule has 0 atom stereocenters. The number of benzene rings is 3. The van der Waals surface area contributed by atoms with Gasteiger partial charge in [-0.25, -0.2) is 9.59 Å². The lowest BCUT2D eigenvalue weighted by molar-refractivity contribution is 0.559. The molecular formula is C28H20N2O4. The van der Waals surface area contributed by atoms with E-state index in [4.69, 9.17) is 8.83 Å². The van der Waals surface area contributed by atoms with Crippen molar-refractivity contribution in [3.8, 4) is 0 Å². The maximum atomic E-state index is 12.4. The molecule has 0 amide bonds. The minimum Gasteiger partial charge on any atom is -0.422 e. The fraction of sp³-hybridized carbons (Fsp3) is 0.0714. The molecule has 0 radical (unpaired) electrons. The average molecular weight is 448 g/mol. The normalized spacial score (nSPS) is 12.4. The Morgan fingerprint density at radius 1 is 0.588 bits per heavy atom. The molecule has 34 heavy (non-hydrogen) atoms. The summed E-state index contributed by atoms with van der Waals surface area (Å²) in [6.07, 6.45) is 0. The second-order valence-electron chi connectivity index (χ2n) is 7.88. The van der Waals surface area contributed by atoms with Crippen LogP contribution in [0.3, 0.4) is 0 Å². The Kier molecular flexibility index (Phi) is 5.47. The zero-order valence-corrected chi connectivity index (χ0v) is 18.6. The maximum absolute atomic E-state index is 12.4. The van der Waals surface area contributed by atoms with Gasteiger partial charge >= 0.3 is 11.3 Å². The summed E-state index contributed by atoms with van der Waals surface area (Å²) in [5.74, 6) is 0. The molecule has 0 aliphatic carbocycles. The predicted octanol–water partition coefficient (Wildman–Crippen LogP) is 6.18. The molecule has 0 saturated heterocycles. The number of aliphatic imine (C=N–C) groups is 2. The summed E-state index contributed by atoms with van der Waals surface area (Å²) in [5.41, 5.74) is 3.53. The molecule has 5 aromatic rings. The van der Waals surface area contributed by atoms with Crippen molar-refractivity contribution in [1.82, 2.24) is 0 Å². The summed E-state index contributed by atoms with van der Waals surface area (Å²) >= 11 is 0. The molecule has 6 nitrogen and oxygen atoms in total. The molecule has 2 aromatic heterocycles. The lowest BCUT2D eigenvalue weighted by Gasteiger charge is -2.04. The lowest BCUT2D eigenvalue weighted by atomic mass is 10.1. The molecule has 0 bridgehead atoms. The molecule has 0 unspecified atom stereocenters. The zero-order valence-electron chi connectivity index (χ0n) is 18.6. The van der Waals surface area contributed by atoms with Crippen LogP contribution in [0.15, 0.2) is 113 Å². The Morgan fingerprint density at radius 2 is 0.971 bits per heavy atom. The number of fused-ring (bicyclic) bond motifs is 2. The van der Waals surface area contributed by atoms with E-state index in [9.17, 15) is 9.59 Å². The van der Waals surface area contributed by atoms with E-state index in [0.717, 1.165) is 10.8 Å². The van der Waals surface area contributed by atoms with Crippen LogP contribution in [0.25, 0.3) is 21.9 Å². The van der Waals surface area contributed by atoms with Gasteiger partial charge in [0.1, 0.15) is 11.2 Å². The van der Waals surface area contributed by atoms with E-state index in [1.165, 1.54) is 0 Å². The van der Waals surface area contributed by atoms with Crippen molar-refractivity contribution in [2.75, 3.05) is 0 Å². The molecule has 2 heterocycles. The molecule has 0 fully saturated rings. The highest BCUT2D eigenvalue weighted by Gasteiger charge is 2.10. The first kappa shape index (κ1) is 21.3. The average Bonchev–Trinajstić information content (AvgIpc) is 2.84. The number of rotatable bonds is 4. The lowest BCUT2D eigenvalue weighted by Crippen LogP contribution is -2.12. The smallest absolute Gasteiger partial charge is 0.345 e. The van der Waals surface area contributed by atoms with Crippen molar-refractivity contribution in [2.45, 2.75) is 13.8 Å². The van der Waals surface area contributed by atoms with E-state index in [1.807, 2.05) is 36.4 Å². The van der Waals surface area contributed by atoms with Crippen LogP contribution < -0.4 is 11.3 Å². The van der Waals surface area contributed by atoms with Crippen molar-refractivity contribution in [2.24, 2.45) is 9.98 Å². The highest BCUT2D eigenvalue weighted by atomic mass is 16.4. The van der Waals surface area contributed by atoms with Gasteiger partial charge in [0.25, 0.3) is 0 Å². The Bertz CT molecular complexity index is 1580. The van der Waals surface area contributed by atoms with Crippen molar-refractivity contribution in [1.29, 1.82) is 0 Å². The number of para-hydroxylation sites is 2. The van der Waals surface area contributed by atoms with Crippen LogP contribution in [0, 0.1) is 0 Å². The van der Waals surface area contributed by atoms with Crippen LogP contribution in [0.1, 0.15) is 25.0 Å². The number of hydrogen-bond donors (Lipinski definition) is 0. The predicted molar refractivity (Wildman–Crippen MR) is 135 cm³/mol. The van der Waals surface area contributed by atoms with Gasteiger partial charge in [0.05, 0.1) is 33.9 Å². The monoisotopic (exact) mass is 448 g/mol. The van der Waals surface area contributed by atoms with Crippen molar-refractivity contribution in [3.05, 3.63) is 117 Å². The van der Waals surface area contributed by atoms with E-state index < -0.39 is 11.3 Å². The Balaban J connectivity index is 1.43. The van der Waals surface area contributed by atoms with Crippen molar-refractivity contribution in [3.63, 3.8) is 0 Å². The van der Waals surface area contributed by atoms with Crippen LogP contribution >= 0.6 is 0 Å². The van der Waals surface area contributed by atoms with E-state index in [0.29, 0.717) is 45.1 Å². The summed E-state index contributed by atoms with van der Waals surface area (Å²) in [7, 11) is 0. The molecule has 5 rings (SSSR count). The molecular weight excluding hydrogens is 428 g/mol. The number of hydrogen-bond acceptors (Lipinski definition) is 6. The van der Waals surface area contributed by atoms with Crippen molar-refractivity contribution >= 4 is 44.7 Å². The van der Waals surface area contributed by atoms with E-state index in [1.54, 1.807) is 62.4 Å². The second-order valence-corrected chi connectivity index (χ2v) is 7.88. The Morgan fingerprint density at radius 3 is 1.38 bits per heavy atom. The highest BCUT2D eigenvalue weighted by molar-refractivity contribution is 6.02. The molecule has 0 aliphatic rings. The van der Waals surface area contributed by atoms with Crippen LogP contribution in [0.4, 0.5) is 11.4 Å². The summed E-state index contributed by atoms with van der Waals surface area (Å²) < 4.78 is 10.8. The van der Waals surface area contributed by atoms with Crippen LogP contribution in [-0.2, 0) is 0 Å². The zero-order chi connectivity index (χ0) is 23.7. The standard InChI is InChI=1S/C28H20N2O4/c1-17(23-15-19-7-3-5-9-25(19)33-27(23)31)29-21-11-13-22(14-12-21)30-18(2)24-16-20-8-4-6-10-26(20)34-28(24)32/h3-16H,1-2H3. The van der Waals surface area contributed by atoms with E-state index in [2.05, 4.69) is 9.98 Å². The second kappa shape index (κ2) is 8.75. The van der Waals surface area contributed by atoms with Gasteiger partial charge in [-0.2, -0.15) is 0 Å². The third-order valence-electron chi connectivity index (χ3n) is 5.51. The molecule has 0 saturated carbocycles. The van der Waals surface area contributed by atoms with Gasteiger partial charge in [0.2, 0.25) is 0 Å². The van der Waals surface area contributed by atoms with Crippen LogP contribution in [-0.4, -0.2) is 11.4 Å². The van der Waals surface area contributed by atoms with Gasteiger partial charge in [-0.15, -0.1) is 0 Å². The SMILES string of the molecule is CC(=Nc1ccc(N=C(C)c2cc3ccccc3oc2=O)cc1)c1cc2ccccc2oc1=O. The first-order chi connectivity index (χ1) is 16.5. The first-order valence-corrected chi connectivity index (χ1v) is 10.7. The van der Waals surface area contributed by atoms with Gasteiger partial charge in [0, 0.05) is 10.8 Å². The van der Waals surface area contributed by atoms with Gasteiger partial charge in [0.15, 0.2) is 0 Å². The topological polar surface area (TPSA) is 85.1 Å². The van der Waals surface area contributed by atoms with E-state index in [-0.39, 0.29) is 0 Å². The quantitative estimate of drug-likeness (QED) is 0.243. The fourth-order valence-electron chi connectivity index (χ4n) is 3.74. The minimum absolute atomic E-state index is 0.416. The largest absolute Gasteiger partial charge is 0.422 e. The Hall–Kier alpha value is -4.58. The molecule has 0 spiro atoms. The third-order valence-corrected chi connectivity index (χ3v) is 5.51. The molecule has 0 aliphatic heterocycles. The van der Waals surface area contributed by atoms with Gasteiger partial charge < -0.3 is 8.83 Å². The Labute approximate surface area is 194 Å². The minimum atomic E-state index is -0.425. The molecule has 6 heteroatoms. The van der Waals surface area contributed by atoms with Crippen molar-refractivity contribution < 1.29 is 8.83 Å². The van der Waals surface area contributed by atoms with Gasteiger partial charge in [-0.05, 0) is 62.4 Å². The van der Waals surface area contributed by atoms with E-state index >= 15 is 0 Å². The molecule has 0 N–H and O–H groups in total. The third kappa shape index (κ3) is 4.21.